The van der Waals surface area contributed by atoms with Crippen LogP contribution in [0.2, 0.25) is 0 Å². The molecular weight excluding hydrogens is 472 g/mol. The number of aromatic nitrogens is 1. The third-order valence-electron chi connectivity index (χ3n) is 5.71. The molecule has 1 aliphatic rings. The van der Waals surface area contributed by atoms with E-state index in [1.165, 1.54) is 15.6 Å². The van der Waals surface area contributed by atoms with E-state index in [1.54, 1.807) is 41.9 Å². The zero-order valence-corrected chi connectivity index (χ0v) is 20.1. The minimum Gasteiger partial charge on any atom is -0.344 e. The van der Waals surface area contributed by atoms with Crippen LogP contribution >= 0.6 is 11.3 Å². The Labute approximate surface area is 203 Å². The lowest BCUT2D eigenvalue weighted by Crippen LogP contribution is -2.51. The van der Waals surface area contributed by atoms with Crippen LogP contribution in [0.15, 0.2) is 77.1 Å². The lowest BCUT2D eigenvalue weighted by molar-refractivity contribution is -0.130. The molecule has 8 nitrogen and oxygen atoms in total. The van der Waals surface area contributed by atoms with Crippen molar-refractivity contribution in [1.29, 1.82) is 0 Å². The normalized spacial score (nSPS) is 17.6. The van der Waals surface area contributed by atoms with Gasteiger partial charge in [-0.2, -0.15) is 4.31 Å². The van der Waals surface area contributed by atoms with Gasteiger partial charge in [-0.3, -0.25) is 9.59 Å². The minimum absolute atomic E-state index is 0.0786. The van der Waals surface area contributed by atoms with Crippen molar-refractivity contribution in [3.8, 4) is 0 Å². The van der Waals surface area contributed by atoms with Crippen LogP contribution in [0.1, 0.15) is 18.4 Å². The SMILES string of the molecule is O=C(N[C@@H](Cc1ccccc1)C(=O)Nc1nccs1)C1CCCN(S(=O)(=O)c2ccccc2)C1. The van der Waals surface area contributed by atoms with Crippen molar-refractivity contribution in [2.75, 3.05) is 18.4 Å². The van der Waals surface area contributed by atoms with Crippen molar-refractivity contribution < 1.29 is 18.0 Å². The van der Waals surface area contributed by atoms with Crippen LogP contribution in [0.25, 0.3) is 0 Å². The summed E-state index contributed by atoms with van der Waals surface area (Å²) in [6.07, 6.45) is 3.02. The van der Waals surface area contributed by atoms with E-state index in [2.05, 4.69) is 15.6 Å². The smallest absolute Gasteiger partial charge is 0.249 e. The zero-order chi connectivity index (χ0) is 24.0. The standard InChI is InChI=1S/C24H26N4O4S2/c29-22(19-10-7-14-28(17-19)34(31,32)20-11-5-2-6-12-20)26-21(16-18-8-3-1-4-9-18)23(30)27-24-25-13-15-33-24/h1-6,8-9,11-13,15,19,21H,7,10,14,16-17H2,(H,26,29)(H,25,27,30)/t19?,21-/m0/s1. The molecule has 0 radical (unpaired) electrons. The number of benzene rings is 2. The van der Waals surface area contributed by atoms with Crippen molar-refractivity contribution in [2.45, 2.75) is 30.2 Å². The average Bonchev–Trinajstić information content (AvgIpc) is 3.38. The summed E-state index contributed by atoms with van der Waals surface area (Å²) in [5, 5.41) is 7.82. The first-order valence-electron chi connectivity index (χ1n) is 11.0. The predicted molar refractivity (Wildman–Crippen MR) is 131 cm³/mol. The first-order valence-corrected chi connectivity index (χ1v) is 13.4. The highest BCUT2D eigenvalue weighted by molar-refractivity contribution is 7.89. The maximum atomic E-state index is 13.2. The highest BCUT2D eigenvalue weighted by Crippen LogP contribution is 2.24. The lowest BCUT2D eigenvalue weighted by Gasteiger charge is -2.32. The molecule has 2 amide bonds. The van der Waals surface area contributed by atoms with Gasteiger partial charge in [-0.05, 0) is 30.5 Å². The molecule has 34 heavy (non-hydrogen) atoms. The summed E-state index contributed by atoms with van der Waals surface area (Å²) < 4.78 is 27.4. The van der Waals surface area contributed by atoms with E-state index >= 15 is 0 Å². The Kier molecular flexibility index (Phi) is 7.71. The Morgan fingerprint density at radius 1 is 1.09 bits per heavy atom. The number of sulfonamides is 1. The number of carbonyl (C=O) groups excluding carboxylic acids is 2. The van der Waals surface area contributed by atoms with Gasteiger partial charge < -0.3 is 10.6 Å². The molecule has 3 aromatic rings. The van der Waals surface area contributed by atoms with Crippen LogP contribution in [-0.4, -0.2) is 48.7 Å². The molecule has 1 saturated heterocycles. The van der Waals surface area contributed by atoms with Crippen LogP contribution in [0.5, 0.6) is 0 Å². The summed E-state index contributed by atoms with van der Waals surface area (Å²) in [6.45, 7) is 0.439. The third kappa shape index (κ3) is 5.88. The molecule has 0 spiro atoms. The number of hydrogen-bond acceptors (Lipinski definition) is 6. The molecule has 2 N–H and O–H groups in total. The molecule has 0 aliphatic carbocycles. The Morgan fingerprint density at radius 2 is 1.79 bits per heavy atom. The van der Waals surface area contributed by atoms with Gasteiger partial charge in [0.25, 0.3) is 0 Å². The maximum absolute atomic E-state index is 13.2. The molecule has 1 aromatic heterocycles. The molecule has 2 heterocycles. The molecule has 2 aromatic carbocycles. The van der Waals surface area contributed by atoms with Gasteiger partial charge in [0.05, 0.1) is 10.8 Å². The molecule has 0 saturated carbocycles. The molecule has 10 heteroatoms. The Morgan fingerprint density at radius 3 is 2.47 bits per heavy atom. The molecular formula is C24H26N4O4S2. The predicted octanol–water partition coefficient (Wildman–Crippen LogP) is 2.91. The van der Waals surface area contributed by atoms with Crippen LogP contribution in [0.4, 0.5) is 5.13 Å². The highest BCUT2D eigenvalue weighted by Gasteiger charge is 2.34. The molecule has 178 valence electrons. The van der Waals surface area contributed by atoms with Crippen LogP contribution in [-0.2, 0) is 26.0 Å². The van der Waals surface area contributed by atoms with E-state index in [4.69, 9.17) is 0 Å². The molecule has 1 aliphatic heterocycles. The molecule has 1 fully saturated rings. The molecule has 0 bridgehead atoms. The largest absolute Gasteiger partial charge is 0.344 e. The quantitative estimate of drug-likeness (QED) is 0.497. The van der Waals surface area contributed by atoms with Crippen LogP contribution in [0.3, 0.4) is 0 Å². The summed E-state index contributed by atoms with van der Waals surface area (Å²) >= 11 is 1.29. The number of nitrogens with one attached hydrogen (secondary N) is 2. The molecule has 4 rings (SSSR count). The van der Waals surface area contributed by atoms with Gasteiger partial charge >= 0.3 is 0 Å². The number of anilines is 1. The van der Waals surface area contributed by atoms with Crippen LogP contribution in [0, 0.1) is 5.92 Å². The monoisotopic (exact) mass is 498 g/mol. The minimum atomic E-state index is -3.69. The van der Waals surface area contributed by atoms with E-state index < -0.39 is 22.0 Å². The zero-order valence-electron chi connectivity index (χ0n) is 18.5. The maximum Gasteiger partial charge on any atom is 0.249 e. The third-order valence-corrected chi connectivity index (χ3v) is 8.28. The number of rotatable bonds is 8. The second-order valence-corrected chi connectivity index (χ2v) is 10.9. The highest BCUT2D eigenvalue weighted by atomic mass is 32.2. The fourth-order valence-electron chi connectivity index (χ4n) is 3.94. The second-order valence-electron chi connectivity index (χ2n) is 8.09. The fraction of sp³-hybridized carbons (Fsp3) is 0.292. The van der Waals surface area contributed by atoms with Gasteiger partial charge in [-0.1, -0.05) is 48.5 Å². The molecule has 1 unspecified atom stereocenters. The van der Waals surface area contributed by atoms with E-state index in [0.29, 0.717) is 30.9 Å². The van der Waals surface area contributed by atoms with Crippen molar-refractivity contribution >= 4 is 38.3 Å². The van der Waals surface area contributed by atoms with Crippen molar-refractivity contribution in [1.82, 2.24) is 14.6 Å². The van der Waals surface area contributed by atoms with Crippen molar-refractivity contribution in [3.05, 3.63) is 77.8 Å². The van der Waals surface area contributed by atoms with E-state index in [9.17, 15) is 18.0 Å². The summed E-state index contributed by atoms with van der Waals surface area (Å²) in [5.41, 5.74) is 0.902. The number of carbonyl (C=O) groups is 2. The summed E-state index contributed by atoms with van der Waals surface area (Å²) in [7, 11) is -3.69. The van der Waals surface area contributed by atoms with E-state index in [-0.39, 0.29) is 23.3 Å². The second kappa shape index (κ2) is 10.9. The Bertz CT molecular complexity index is 1200. The first kappa shape index (κ1) is 24.1. The van der Waals surface area contributed by atoms with E-state index in [1.807, 2.05) is 30.3 Å². The average molecular weight is 499 g/mol. The summed E-state index contributed by atoms with van der Waals surface area (Å²) in [5.74, 6) is -1.24. The number of thiazole rings is 1. The van der Waals surface area contributed by atoms with Gasteiger partial charge in [0.15, 0.2) is 5.13 Å². The van der Waals surface area contributed by atoms with Gasteiger partial charge in [-0.15, -0.1) is 11.3 Å². The number of piperidine rings is 1. The van der Waals surface area contributed by atoms with E-state index in [0.717, 1.165) is 5.56 Å². The van der Waals surface area contributed by atoms with Gasteiger partial charge in [0.2, 0.25) is 21.8 Å². The van der Waals surface area contributed by atoms with Gasteiger partial charge in [-0.25, -0.2) is 13.4 Å². The fourth-order valence-corrected chi connectivity index (χ4v) is 6.02. The number of hydrogen-bond donors (Lipinski definition) is 2. The van der Waals surface area contributed by atoms with Gasteiger partial charge in [0, 0.05) is 31.1 Å². The summed E-state index contributed by atoms with van der Waals surface area (Å²) in [4.78, 5) is 30.5. The topological polar surface area (TPSA) is 108 Å². The van der Waals surface area contributed by atoms with Crippen LogP contribution < -0.4 is 10.6 Å². The van der Waals surface area contributed by atoms with Gasteiger partial charge in [0.1, 0.15) is 6.04 Å². The molecule has 2 atom stereocenters. The van der Waals surface area contributed by atoms with Crippen molar-refractivity contribution in [3.63, 3.8) is 0 Å². The number of nitrogens with zero attached hydrogens (tertiary/aromatic N) is 2. The summed E-state index contributed by atoms with van der Waals surface area (Å²) in [6, 6.07) is 16.8. The first-order chi connectivity index (χ1) is 16.4. The Hall–Kier alpha value is -3.08. The van der Waals surface area contributed by atoms with Crippen molar-refractivity contribution in [2.24, 2.45) is 5.92 Å². The Balaban J connectivity index is 1.47. The number of amides is 2. The lowest BCUT2D eigenvalue weighted by atomic mass is 9.97.